The summed E-state index contributed by atoms with van der Waals surface area (Å²) < 4.78 is 41.5. The highest BCUT2D eigenvalue weighted by atomic mass is 19.4. The predicted octanol–water partition coefficient (Wildman–Crippen LogP) is 4.79. The average Bonchev–Trinajstić information content (AvgIpc) is 2.40. The van der Waals surface area contributed by atoms with E-state index < -0.39 is 6.36 Å². The molecule has 2 N–H and O–H groups in total. The molecule has 0 atom stereocenters. The van der Waals surface area contributed by atoms with Gasteiger partial charge in [-0.3, -0.25) is 0 Å². The van der Waals surface area contributed by atoms with Gasteiger partial charge in [-0.15, -0.1) is 13.2 Å². The normalized spacial score (nSPS) is 11.4. The van der Waals surface area contributed by atoms with Crippen molar-refractivity contribution in [3.63, 3.8) is 0 Å². The predicted molar refractivity (Wildman–Crippen MR) is 77.0 cm³/mol. The Balaban J connectivity index is 2.49. The van der Waals surface area contributed by atoms with Crippen LogP contribution in [0.25, 0.3) is 11.1 Å². The number of anilines is 1. The van der Waals surface area contributed by atoms with Crippen LogP contribution < -0.4 is 10.5 Å². The molecular formula is C16H16F3NO. The average molecular weight is 295 g/mol. The molecule has 0 heterocycles. The maximum atomic E-state index is 12.5. The summed E-state index contributed by atoms with van der Waals surface area (Å²) in [5.74, 6) is -0.245. The Morgan fingerprint density at radius 2 is 1.76 bits per heavy atom. The molecule has 5 heteroatoms. The number of hydrogen-bond donors (Lipinski definition) is 1. The number of alkyl halides is 3. The third-order valence-corrected chi connectivity index (χ3v) is 3.06. The number of nitrogen functional groups attached to an aromatic ring is 1. The number of rotatable bonds is 4. The van der Waals surface area contributed by atoms with Crippen molar-refractivity contribution in [2.24, 2.45) is 0 Å². The first kappa shape index (κ1) is 15.2. The maximum absolute atomic E-state index is 12.5. The van der Waals surface area contributed by atoms with Gasteiger partial charge in [0.25, 0.3) is 0 Å². The zero-order chi connectivity index (χ0) is 15.5. The van der Waals surface area contributed by atoms with Crippen molar-refractivity contribution in [1.29, 1.82) is 0 Å². The molecule has 2 rings (SSSR count). The molecule has 0 bridgehead atoms. The lowest BCUT2D eigenvalue weighted by Crippen LogP contribution is -2.17. The van der Waals surface area contributed by atoms with Crippen molar-refractivity contribution >= 4 is 5.69 Å². The molecule has 21 heavy (non-hydrogen) atoms. The van der Waals surface area contributed by atoms with Gasteiger partial charge in [0.2, 0.25) is 0 Å². The molecule has 0 saturated heterocycles. The van der Waals surface area contributed by atoms with E-state index in [4.69, 9.17) is 5.73 Å². The molecule has 112 valence electrons. The van der Waals surface area contributed by atoms with Crippen molar-refractivity contribution in [3.05, 3.63) is 48.0 Å². The van der Waals surface area contributed by atoms with Crippen LogP contribution >= 0.6 is 0 Å². The van der Waals surface area contributed by atoms with Crippen molar-refractivity contribution < 1.29 is 17.9 Å². The molecule has 0 spiro atoms. The standard InChI is InChI=1S/C16H16F3NO/c1-2-5-11-8-9-14(20)13(10-11)12-6-3-4-7-15(12)21-16(17,18)19/h3-4,6-10H,2,5,20H2,1H3. The van der Waals surface area contributed by atoms with Crippen molar-refractivity contribution in [2.45, 2.75) is 26.1 Å². The Hall–Kier alpha value is -2.17. The largest absolute Gasteiger partial charge is 0.573 e. The lowest BCUT2D eigenvalue weighted by molar-refractivity contribution is -0.274. The smallest absolute Gasteiger partial charge is 0.405 e. The van der Waals surface area contributed by atoms with Crippen LogP contribution in [0.5, 0.6) is 5.75 Å². The highest BCUT2D eigenvalue weighted by Gasteiger charge is 2.32. The molecule has 0 aromatic heterocycles. The summed E-state index contributed by atoms with van der Waals surface area (Å²) in [6, 6.07) is 11.4. The number of aryl methyl sites for hydroxylation is 1. The van der Waals surface area contributed by atoms with Crippen LogP contribution in [-0.2, 0) is 6.42 Å². The second-order valence-corrected chi connectivity index (χ2v) is 4.72. The molecule has 0 saturated carbocycles. The molecule has 2 aromatic carbocycles. The number of hydrogen-bond acceptors (Lipinski definition) is 2. The van der Waals surface area contributed by atoms with Gasteiger partial charge in [0.05, 0.1) is 0 Å². The van der Waals surface area contributed by atoms with E-state index in [0.717, 1.165) is 18.4 Å². The van der Waals surface area contributed by atoms with E-state index in [1.54, 1.807) is 18.2 Å². The van der Waals surface area contributed by atoms with Gasteiger partial charge >= 0.3 is 6.36 Å². The van der Waals surface area contributed by atoms with Crippen molar-refractivity contribution in [3.8, 4) is 16.9 Å². The highest BCUT2D eigenvalue weighted by molar-refractivity contribution is 5.81. The van der Waals surface area contributed by atoms with Crippen LogP contribution in [0, 0.1) is 0 Å². The van der Waals surface area contributed by atoms with E-state index in [1.165, 1.54) is 12.1 Å². The molecule has 2 aromatic rings. The third-order valence-electron chi connectivity index (χ3n) is 3.06. The molecular weight excluding hydrogens is 279 g/mol. The molecule has 0 unspecified atom stereocenters. The van der Waals surface area contributed by atoms with Gasteiger partial charge in [0.15, 0.2) is 0 Å². The first-order chi connectivity index (χ1) is 9.90. The van der Waals surface area contributed by atoms with Gasteiger partial charge in [-0.25, -0.2) is 0 Å². The van der Waals surface area contributed by atoms with E-state index in [0.29, 0.717) is 16.8 Å². The van der Waals surface area contributed by atoms with Crippen LogP contribution in [0.3, 0.4) is 0 Å². The minimum atomic E-state index is -4.73. The van der Waals surface area contributed by atoms with Crippen LogP contribution in [0.15, 0.2) is 42.5 Å². The maximum Gasteiger partial charge on any atom is 0.573 e. The third kappa shape index (κ3) is 3.90. The van der Waals surface area contributed by atoms with Crippen LogP contribution in [-0.4, -0.2) is 6.36 Å². The van der Waals surface area contributed by atoms with Gasteiger partial charge in [-0.1, -0.05) is 37.6 Å². The lowest BCUT2D eigenvalue weighted by atomic mass is 9.98. The fourth-order valence-corrected chi connectivity index (χ4v) is 2.18. The fraction of sp³-hybridized carbons (Fsp3) is 0.250. The minimum Gasteiger partial charge on any atom is -0.405 e. The zero-order valence-electron chi connectivity index (χ0n) is 11.6. The highest BCUT2D eigenvalue weighted by Crippen LogP contribution is 2.37. The number of nitrogens with two attached hydrogens (primary N) is 1. The van der Waals surface area contributed by atoms with Crippen molar-refractivity contribution in [1.82, 2.24) is 0 Å². The van der Waals surface area contributed by atoms with E-state index in [9.17, 15) is 13.2 Å². The Labute approximate surface area is 121 Å². The second kappa shape index (κ2) is 6.08. The molecule has 0 aliphatic carbocycles. The van der Waals surface area contributed by atoms with Gasteiger partial charge in [-0.2, -0.15) is 0 Å². The summed E-state index contributed by atoms with van der Waals surface area (Å²) in [5, 5.41) is 0. The molecule has 2 nitrogen and oxygen atoms in total. The molecule has 0 radical (unpaired) electrons. The first-order valence-corrected chi connectivity index (χ1v) is 6.64. The van der Waals surface area contributed by atoms with E-state index in [-0.39, 0.29) is 5.75 Å². The Morgan fingerprint density at radius 1 is 1.05 bits per heavy atom. The fourth-order valence-electron chi connectivity index (χ4n) is 2.18. The van der Waals surface area contributed by atoms with E-state index >= 15 is 0 Å². The number of benzene rings is 2. The summed E-state index contributed by atoms with van der Waals surface area (Å²) in [7, 11) is 0. The number of ether oxygens (including phenoxy) is 1. The van der Waals surface area contributed by atoms with Crippen molar-refractivity contribution in [2.75, 3.05) is 5.73 Å². The summed E-state index contributed by atoms with van der Waals surface area (Å²) >= 11 is 0. The second-order valence-electron chi connectivity index (χ2n) is 4.72. The monoisotopic (exact) mass is 295 g/mol. The van der Waals surface area contributed by atoms with E-state index in [1.807, 2.05) is 19.1 Å². The lowest BCUT2D eigenvalue weighted by Gasteiger charge is -2.15. The van der Waals surface area contributed by atoms with Crippen LogP contribution in [0.4, 0.5) is 18.9 Å². The molecule has 0 aliphatic rings. The van der Waals surface area contributed by atoms with Crippen LogP contribution in [0.1, 0.15) is 18.9 Å². The molecule has 0 amide bonds. The number of para-hydroxylation sites is 1. The van der Waals surface area contributed by atoms with Gasteiger partial charge < -0.3 is 10.5 Å². The SMILES string of the molecule is CCCc1ccc(N)c(-c2ccccc2OC(F)(F)F)c1. The van der Waals surface area contributed by atoms with Crippen LogP contribution in [0.2, 0.25) is 0 Å². The summed E-state index contributed by atoms with van der Waals surface area (Å²) in [6.45, 7) is 2.04. The van der Waals surface area contributed by atoms with Gasteiger partial charge in [0, 0.05) is 16.8 Å². The summed E-state index contributed by atoms with van der Waals surface area (Å²) in [5.41, 5.74) is 8.26. The quantitative estimate of drug-likeness (QED) is 0.823. The Morgan fingerprint density at radius 3 is 2.43 bits per heavy atom. The van der Waals surface area contributed by atoms with Gasteiger partial charge in [0.1, 0.15) is 5.75 Å². The minimum absolute atomic E-state index is 0.245. The Bertz CT molecular complexity index is 623. The summed E-state index contributed by atoms with van der Waals surface area (Å²) in [4.78, 5) is 0. The first-order valence-electron chi connectivity index (χ1n) is 6.64. The zero-order valence-corrected chi connectivity index (χ0v) is 11.6. The topological polar surface area (TPSA) is 35.2 Å². The van der Waals surface area contributed by atoms with E-state index in [2.05, 4.69) is 4.74 Å². The van der Waals surface area contributed by atoms with Gasteiger partial charge in [-0.05, 0) is 30.2 Å². The Kier molecular flexibility index (Phi) is 4.40. The summed E-state index contributed by atoms with van der Waals surface area (Å²) in [6.07, 6.45) is -2.94. The number of halogens is 3. The molecule has 0 aliphatic heterocycles. The molecule has 0 fully saturated rings.